The van der Waals surface area contributed by atoms with E-state index in [2.05, 4.69) is 20.9 Å². The molecule has 0 fully saturated rings. The third-order valence-corrected chi connectivity index (χ3v) is 4.55. The predicted molar refractivity (Wildman–Crippen MR) is 73.7 cm³/mol. The summed E-state index contributed by atoms with van der Waals surface area (Å²) in [5.74, 6) is -0.449. The minimum atomic E-state index is -0.346. The first-order valence-electron chi connectivity index (χ1n) is 5.21. The first-order chi connectivity index (χ1) is 8.66. The Bertz CT molecular complexity index is 746. The fraction of sp³-hybridized carbons (Fsp3) is 0. The van der Waals surface area contributed by atoms with E-state index in [0.29, 0.717) is 15.8 Å². The van der Waals surface area contributed by atoms with Crippen LogP contribution in [-0.2, 0) is 0 Å². The van der Waals surface area contributed by atoms with E-state index in [0.717, 1.165) is 9.99 Å². The standard InChI is InChI=1S/C13H7BrFNOS/c14-10-3-4-18-13(10)12(17)9-6-16-11-2-1-7(15)5-8(9)11/h1-6,16H. The highest BCUT2D eigenvalue weighted by Crippen LogP contribution is 2.28. The summed E-state index contributed by atoms with van der Waals surface area (Å²) >= 11 is 4.70. The SMILES string of the molecule is O=C(c1sccc1Br)c1c[nH]c2ccc(F)cc12. The van der Waals surface area contributed by atoms with Crippen LogP contribution in [0.25, 0.3) is 10.9 Å². The lowest BCUT2D eigenvalue weighted by atomic mass is 10.1. The first-order valence-corrected chi connectivity index (χ1v) is 6.88. The van der Waals surface area contributed by atoms with Gasteiger partial charge in [0.25, 0.3) is 0 Å². The van der Waals surface area contributed by atoms with E-state index in [-0.39, 0.29) is 11.6 Å². The van der Waals surface area contributed by atoms with Crippen molar-refractivity contribution in [1.29, 1.82) is 0 Å². The number of H-pyrrole nitrogens is 1. The Balaban J connectivity index is 2.18. The molecule has 0 atom stereocenters. The van der Waals surface area contributed by atoms with Gasteiger partial charge in [0.2, 0.25) is 5.78 Å². The first kappa shape index (κ1) is 11.6. The van der Waals surface area contributed by atoms with Gasteiger partial charge in [-0.1, -0.05) is 0 Å². The van der Waals surface area contributed by atoms with Crippen molar-refractivity contribution in [2.45, 2.75) is 0 Å². The molecule has 0 aliphatic carbocycles. The molecule has 2 heterocycles. The molecule has 0 saturated heterocycles. The van der Waals surface area contributed by atoms with Crippen LogP contribution in [0, 0.1) is 5.82 Å². The number of nitrogens with one attached hydrogen (secondary N) is 1. The highest BCUT2D eigenvalue weighted by molar-refractivity contribution is 9.10. The Hall–Kier alpha value is -1.46. The Morgan fingerprint density at radius 1 is 1.33 bits per heavy atom. The summed E-state index contributed by atoms with van der Waals surface area (Å²) < 4.78 is 14.0. The second-order valence-corrected chi connectivity index (χ2v) is 5.59. The lowest BCUT2D eigenvalue weighted by molar-refractivity contribution is 0.104. The number of ketones is 1. The molecule has 5 heteroatoms. The van der Waals surface area contributed by atoms with E-state index in [9.17, 15) is 9.18 Å². The van der Waals surface area contributed by atoms with Gasteiger partial charge in [-0.05, 0) is 45.6 Å². The summed E-state index contributed by atoms with van der Waals surface area (Å²) in [5.41, 5.74) is 1.25. The Kier molecular flexibility index (Phi) is 2.80. The molecule has 1 N–H and O–H groups in total. The van der Waals surface area contributed by atoms with Crippen molar-refractivity contribution in [2.75, 3.05) is 0 Å². The summed E-state index contributed by atoms with van der Waals surface area (Å²) in [4.78, 5) is 16.0. The maximum Gasteiger partial charge on any atom is 0.206 e. The van der Waals surface area contributed by atoms with Crippen molar-refractivity contribution in [3.63, 3.8) is 0 Å². The normalized spacial score (nSPS) is 11.0. The van der Waals surface area contributed by atoms with Crippen molar-refractivity contribution in [1.82, 2.24) is 4.98 Å². The van der Waals surface area contributed by atoms with Crippen molar-refractivity contribution in [2.24, 2.45) is 0 Å². The Morgan fingerprint density at radius 3 is 2.89 bits per heavy atom. The van der Waals surface area contributed by atoms with Crippen LogP contribution in [0.4, 0.5) is 4.39 Å². The van der Waals surface area contributed by atoms with E-state index in [1.54, 1.807) is 12.3 Å². The summed E-state index contributed by atoms with van der Waals surface area (Å²) in [5, 5.41) is 2.45. The third kappa shape index (κ3) is 1.79. The number of carbonyl (C=O) groups is 1. The smallest absolute Gasteiger partial charge is 0.206 e. The Morgan fingerprint density at radius 2 is 2.17 bits per heavy atom. The number of benzene rings is 1. The van der Waals surface area contributed by atoms with Crippen LogP contribution < -0.4 is 0 Å². The van der Waals surface area contributed by atoms with Gasteiger partial charge in [0.05, 0.1) is 4.88 Å². The van der Waals surface area contributed by atoms with Crippen molar-refractivity contribution < 1.29 is 9.18 Å². The number of fused-ring (bicyclic) bond motifs is 1. The quantitative estimate of drug-likeness (QED) is 0.698. The molecule has 0 amide bonds. The van der Waals surface area contributed by atoms with Crippen LogP contribution in [-0.4, -0.2) is 10.8 Å². The maximum atomic E-state index is 13.2. The number of hydrogen-bond donors (Lipinski definition) is 1. The van der Waals surface area contributed by atoms with Gasteiger partial charge in [-0.15, -0.1) is 11.3 Å². The van der Waals surface area contributed by atoms with Crippen LogP contribution in [0.1, 0.15) is 15.2 Å². The van der Waals surface area contributed by atoms with Gasteiger partial charge in [-0.25, -0.2) is 4.39 Å². The van der Waals surface area contributed by atoms with Gasteiger partial charge >= 0.3 is 0 Å². The van der Waals surface area contributed by atoms with Crippen LogP contribution in [0.3, 0.4) is 0 Å². The van der Waals surface area contributed by atoms with Crippen LogP contribution >= 0.6 is 27.3 Å². The second kappa shape index (κ2) is 4.33. The largest absolute Gasteiger partial charge is 0.360 e. The number of aromatic amines is 1. The average molecular weight is 324 g/mol. The van der Waals surface area contributed by atoms with Gasteiger partial charge in [0.1, 0.15) is 5.82 Å². The number of carbonyl (C=O) groups excluding carboxylic acids is 1. The van der Waals surface area contributed by atoms with Gasteiger partial charge in [-0.2, -0.15) is 0 Å². The summed E-state index contributed by atoms with van der Waals surface area (Å²) in [6.07, 6.45) is 1.62. The van der Waals surface area contributed by atoms with E-state index in [1.807, 2.05) is 11.4 Å². The molecule has 0 unspecified atom stereocenters. The van der Waals surface area contributed by atoms with Crippen molar-refractivity contribution >= 4 is 44.0 Å². The summed E-state index contributed by atoms with van der Waals surface area (Å²) in [6, 6.07) is 6.20. The molecule has 0 radical (unpaired) electrons. The molecule has 0 aliphatic heterocycles. The molecule has 2 nitrogen and oxygen atoms in total. The molecular formula is C13H7BrFNOS. The number of halogens is 2. The molecule has 3 rings (SSSR count). The highest BCUT2D eigenvalue weighted by atomic mass is 79.9. The monoisotopic (exact) mass is 323 g/mol. The molecule has 3 aromatic rings. The van der Waals surface area contributed by atoms with E-state index < -0.39 is 0 Å². The van der Waals surface area contributed by atoms with Gasteiger partial charge < -0.3 is 4.98 Å². The molecular weight excluding hydrogens is 317 g/mol. The number of rotatable bonds is 2. The van der Waals surface area contributed by atoms with Crippen LogP contribution in [0.5, 0.6) is 0 Å². The number of aromatic nitrogens is 1. The van der Waals surface area contributed by atoms with E-state index >= 15 is 0 Å². The van der Waals surface area contributed by atoms with Crippen LogP contribution in [0.2, 0.25) is 0 Å². The summed E-state index contributed by atoms with van der Waals surface area (Å²) in [6.45, 7) is 0. The fourth-order valence-corrected chi connectivity index (χ4v) is 3.36. The average Bonchev–Trinajstić information content (AvgIpc) is 2.94. The second-order valence-electron chi connectivity index (χ2n) is 3.82. The lowest BCUT2D eigenvalue weighted by Gasteiger charge is -1.97. The molecule has 18 heavy (non-hydrogen) atoms. The van der Waals surface area contributed by atoms with Gasteiger partial charge in [0.15, 0.2) is 0 Å². The molecule has 2 aromatic heterocycles. The van der Waals surface area contributed by atoms with E-state index in [4.69, 9.17) is 0 Å². The van der Waals surface area contributed by atoms with Gasteiger partial charge in [-0.3, -0.25) is 4.79 Å². The third-order valence-electron chi connectivity index (χ3n) is 2.71. The topological polar surface area (TPSA) is 32.9 Å². The maximum absolute atomic E-state index is 13.2. The Labute approximate surface area is 115 Å². The summed E-state index contributed by atoms with van der Waals surface area (Å²) in [7, 11) is 0. The lowest BCUT2D eigenvalue weighted by Crippen LogP contribution is -1.98. The molecule has 90 valence electrons. The van der Waals surface area contributed by atoms with Crippen molar-refractivity contribution in [3.05, 3.63) is 56.6 Å². The predicted octanol–water partition coefficient (Wildman–Crippen LogP) is 4.36. The minimum Gasteiger partial charge on any atom is -0.360 e. The number of hydrogen-bond acceptors (Lipinski definition) is 2. The van der Waals surface area contributed by atoms with Crippen molar-refractivity contribution in [3.8, 4) is 0 Å². The molecule has 0 spiro atoms. The molecule has 0 bridgehead atoms. The zero-order valence-corrected chi connectivity index (χ0v) is 11.4. The minimum absolute atomic E-state index is 0.103. The fourth-order valence-electron chi connectivity index (χ4n) is 1.86. The zero-order valence-electron chi connectivity index (χ0n) is 9.04. The number of thiophene rings is 1. The zero-order chi connectivity index (χ0) is 12.7. The van der Waals surface area contributed by atoms with E-state index in [1.165, 1.54) is 23.5 Å². The highest BCUT2D eigenvalue weighted by Gasteiger charge is 2.18. The van der Waals surface area contributed by atoms with Crippen LogP contribution in [0.15, 0.2) is 40.3 Å². The molecule has 0 saturated carbocycles. The molecule has 0 aliphatic rings. The molecule has 1 aromatic carbocycles. The van der Waals surface area contributed by atoms with Gasteiger partial charge in [0, 0.05) is 27.1 Å².